The fraction of sp³-hybridized carbons (Fsp3) is 0.375. The molecule has 0 radical (unpaired) electrons. The number of amides is 1. The first-order valence-electron chi connectivity index (χ1n) is 7.52. The van der Waals surface area contributed by atoms with Gasteiger partial charge < -0.3 is 19.9 Å². The van der Waals surface area contributed by atoms with Crippen molar-refractivity contribution in [1.29, 1.82) is 0 Å². The van der Waals surface area contributed by atoms with E-state index < -0.39 is 29.2 Å². The van der Waals surface area contributed by atoms with Gasteiger partial charge in [-0.1, -0.05) is 22.4 Å². The van der Waals surface area contributed by atoms with Crippen LogP contribution >= 0.6 is 31.9 Å². The van der Waals surface area contributed by atoms with E-state index in [0.29, 0.717) is 23.0 Å². The molecule has 1 aromatic rings. The van der Waals surface area contributed by atoms with Crippen molar-refractivity contribution in [2.75, 3.05) is 5.32 Å². The van der Waals surface area contributed by atoms with Gasteiger partial charge >= 0.3 is 11.9 Å². The van der Waals surface area contributed by atoms with E-state index in [1.54, 1.807) is 18.2 Å². The van der Waals surface area contributed by atoms with Gasteiger partial charge in [-0.05, 0) is 47.0 Å². The molecule has 1 aromatic carbocycles. The van der Waals surface area contributed by atoms with Crippen LogP contribution in [0, 0.1) is 0 Å². The van der Waals surface area contributed by atoms with Gasteiger partial charge in [-0.25, -0.2) is 4.79 Å². The van der Waals surface area contributed by atoms with Crippen molar-refractivity contribution in [2.45, 2.75) is 37.9 Å². The monoisotopic (exact) mass is 459 g/mol. The average molecular weight is 461 g/mol. The molecule has 0 aromatic heterocycles. The lowest BCUT2D eigenvalue weighted by Crippen LogP contribution is -2.45. The Balaban J connectivity index is 1.81. The van der Waals surface area contributed by atoms with Gasteiger partial charge in [-0.2, -0.15) is 0 Å². The number of hydrogen-bond donors (Lipinski definition) is 2. The van der Waals surface area contributed by atoms with Crippen molar-refractivity contribution in [2.24, 2.45) is 0 Å². The number of carbonyl (C=O) groups excluding carboxylic acids is 2. The Labute approximate surface area is 155 Å². The van der Waals surface area contributed by atoms with Gasteiger partial charge in [0.05, 0.1) is 5.69 Å². The van der Waals surface area contributed by atoms with E-state index in [1.807, 2.05) is 0 Å². The average Bonchev–Trinajstić information content (AvgIpc) is 2.50. The highest BCUT2D eigenvalue weighted by Crippen LogP contribution is 2.38. The summed E-state index contributed by atoms with van der Waals surface area (Å²) in [7, 11) is 0. The Morgan fingerprint density at radius 2 is 1.88 bits per heavy atom. The number of halogens is 2. The second kappa shape index (κ2) is 6.76. The minimum atomic E-state index is -1.14. The molecule has 1 aliphatic heterocycles. The standard InChI is InChI=1S/C16H15Br2NO5/c17-9-4-5-11(10(18)8-9)19-13(20)12-14(21)23-16(24-15(12)22)6-2-1-3-7-16/h4-5,8,21H,1-3,6-7H2,(H,19,20). The van der Waals surface area contributed by atoms with Gasteiger partial charge in [-0.3, -0.25) is 4.79 Å². The Morgan fingerprint density at radius 1 is 1.17 bits per heavy atom. The summed E-state index contributed by atoms with van der Waals surface area (Å²) < 4.78 is 12.2. The van der Waals surface area contributed by atoms with E-state index in [0.717, 1.165) is 23.7 Å². The first kappa shape index (κ1) is 17.3. The number of nitrogens with one attached hydrogen (secondary N) is 1. The number of aliphatic hydroxyl groups excluding tert-OH is 1. The molecule has 1 spiro atoms. The lowest BCUT2D eigenvalue weighted by Gasteiger charge is -2.38. The Bertz CT molecular complexity index is 725. The molecular formula is C16H15Br2NO5. The highest BCUT2D eigenvalue weighted by atomic mass is 79.9. The van der Waals surface area contributed by atoms with Crippen LogP contribution in [0.5, 0.6) is 0 Å². The normalized spacial score (nSPS) is 19.7. The van der Waals surface area contributed by atoms with Crippen molar-refractivity contribution >= 4 is 49.4 Å². The van der Waals surface area contributed by atoms with Crippen LogP contribution in [0.15, 0.2) is 38.7 Å². The molecule has 2 aliphatic rings. The first-order chi connectivity index (χ1) is 11.4. The third kappa shape index (κ3) is 3.44. The molecule has 24 heavy (non-hydrogen) atoms. The largest absolute Gasteiger partial charge is 0.480 e. The van der Waals surface area contributed by atoms with Crippen LogP contribution in [0.1, 0.15) is 32.1 Å². The minimum absolute atomic E-state index is 0.453. The topological polar surface area (TPSA) is 84.9 Å². The Morgan fingerprint density at radius 3 is 2.50 bits per heavy atom. The first-order valence-corrected chi connectivity index (χ1v) is 9.11. The number of esters is 1. The predicted molar refractivity (Wildman–Crippen MR) is 93.1 cm³/mol. The fourth-order valence-corrected chi connectivity index (χ4v) is 3.96. The zero-order valence-electron chi connectivity index (χ0n) is 12.6. The maximum Gasteiger partial charge on any atom is 0.354 e. The summed E-state index contributed by atoms with van der Waals surface area (Å²) in [6, 6.07) is 5.14. The van der Waals surface area contributed by atoms with E-state index in [9.17, 15) is 14.7 Å². The zero-order valence-corrected chi connectivity index (χ0v) is 15.8. The summed E-state index contributed by atoms with van der Waals surface area (Å²) in [5.41, 5.74) is -0.0738. The molecule has 0 bridgehead atoms. The molecule has 0 atom stereocenters. The Kier molecular flexibility index (Phi) is 4.87. The Hall–Kier alpha value is -1.54. The minimum Gasteiger partial charge on any atom is -0.480 e. The maximum atomic E-state index is 12.4. The van der Waals surface area contributed by atoms with E-state index in [2.05, 4.69) is 37.2 Å². The number of hydrogen-bond acceptors (Lipinski definition) is 5. The maximum absolute atomic E-state index is 12.4. The molecule has 8 heteroatoms. The summed E-state index contributed by atoms with van der Waals surface area (Å²) in [6.07, 6.45) is 3.73. The summed E-state index contributed by atoms with van der Waals surface area (Å²) in [4.78, 5) is 24.6. The molecule has 1 saturated carbocycles. The van der Waals surface area contributed by atoms with E-state index in [1.165, 1.54) is 0 Å². The molecule has 1 fully saturated rings. The van der Waals surface area contributed by atoms with Gasteiger partial charge in [0.25, 0.3) is 11.7 Å². The second-order valence-corrected chi connectivity index (χ2v) is 7.49. The molecule has 1 aliphatic carbocycles. The molecule has 0 unspecified atom stereocenters. The van der Waals surface area contributed by atoms with Crippen LogP contribution in [0.3, 0.4) is 0 Å². The second-order valence-electron chi connectivity index (χ2n) is 5.72. The number of ether oxygens (including phenoxy) is 2. The van der Waals surface area contributed by atoms with Crippen molar-refractivity contribution < 1.29 is 24.2 Å². The van der Waals surface area contributed by atoms with Crippen LogP contribution in [-0.4, -0.2) is 22.8 Å². The summed E-state index contributed by atoms with van der Waals surface area (Å²) in [5, 5.41) is 12.6. The molecule has 1 heterocycles. The molecule has 6 nitrogen and oxygen atoms in total. The molecule has 3 rings (SSSR count). The van der Waals surface area contributed by atoms with Crippen molar-refractivity contribution in [3.63, 3.8) is 0 Å². The quantitative estimate of drug-likeness (QED) is 0.511. The number of anilines is 1. The van der Waals surface area contributed by atoms with Crippen LogP contribution in [0.2, 0.25) is 0 Å². The number of benzene rings is 1. The predicted octanol–water partition coefficient (Wildman–Crippen LogP) is 4.15. The highest BCUT2D eigenvalue weighted by Gasteiger charge is 2.46. The van der Waals surface area contributed by atoms with Crippen molar-refractivity contribution in [3.05, 3.63) is 38.7 Å². The third-order valence-corrected chi connectivity index (χ3v) is 5.15. The lowest BCUT2D eigenvalue weighted by atomic mass is 9.93. The van der Waals surface area contributed by atoms with Gasteiger partial charge in [0.1, 0.15) is 0 Å². The molecule has 0 saturated heterocycles. The highest BCUT2D eigenvalue weighted by molar-refractivity contribution is 9.11. The van der Waals surface area contributed by atoms with E-state index >= 15 is 0 Å². The number of carbonyl (C=O) groups is 2. The van der Waals surface area contributed by atoms with Crippen molar-refractivity contribution in [3.8, 4) is 0 Å². The molecule has 1 amide bonds. The lowest BCUT2D eigenvalue weighted by molar-refractivity contribution is -0.249. The summed E-state index contributed by atoms with van der Waals surface area (Å²) >= 11 is 6.63. The molecular weight excluding hydrogens is 446 g/mol. The van der Waals surface area contributed by atoms with Gasteiger partial charge in [0.2, 0.25) is 5.57 Å². The summed E-state index contributed by atoms with van der Waals surface area (Å²) in [5.74, 6) is -3.47. The van der Waals surface area contributed by atoms with Crippen molar-refractivity contribution in [1.82, 2.24) is 0 Å². The van der Waals surface area contributed by atoms with Crippen LogP contribution < -0.4 is 5.32 Å². The summed E-state index contributed by atoms with van der Waals surface area (Å²) in [6.45, 7) is 0. The number of aliphatic hydroxyl groups is 1. The fourth-order valence-electron chi connectivity index (χ4n) is 2.82. The van der Waals surface area contributed by atoms with Crippen LogP contribution in [0.4, 0.5) is 5.69 Å². The van der Waals surface area contributed by atoms with Crippen LogP contribution in [-0.2, 0) is 19.1 Å². The molecule has 128 valence electrons. The SMILES string of the molecule is O=C(Nc1ccc(Br)cc1Br)C1=C(O)OC2(CCCCC2)OC1=O. The van der Waals surface area contributed by atoms with Crippen LogP contribution in [0.25, 0.3) is 0 Å². The third-order valence-electron chi connectivity index (χ3n) is 4.00. The molecule has 2 N–H and O–H groups in total. The smallest absolute Gasteiger partial charge is 0.354 e. The van der Waals surface area contributed by atoms with E-state index in [4.69, 9.17) is 9.47 Å². The van der Waals surface area contributed by atoms with Gasteiger partial charge in [0, 0.05) is 21.8 Å². The van der Waals surface area contributed by atoms with Gasteiger partial charge in [0.15, 0.2) is 0 Å². The number of rotatable bonds is 2. The zero-order chi connectivity index (χ0) is 17.3. The van der Waals surface area contributed by atoms with Gasteiger partial charge in [-0.15, -0.1) is 0 Å². The van der Waals surface area contributed by atoms with E-state index in [-0.39, 0.29) is 0 Å².